The zero-order valence-corrected chi connectivity index (χ0v) is 21.2. The van der Waals surface area contributed by atoms with Crippen molar-refractivity contribution in [1.29, 1.82) is 0 Å². The molecule has 0 aliphatic heterocycles. The van der Waals surface area contributed by atoms with Crippen LogP contribution < -0.4 is 16.0 Å². The van der Waals surface area contributed by atoms with E-state index >= 15 is 0 Å². The topological polar surface area (TPSA) is 111 Å². The van der Waals surface area contributed by atoms with Gasteiger partial charge in [0.1, 0.15) is 6.04 Å². The Balaban J connectivity index is 1.78. The number of para-hydroxylation sites is 1. The largest absolute Gasteiger partial charge is 0.394 e. The Hall–Kier alpha value is -4.01. The Morgan fingerprint density at radius 1 is 0.784 bits per heavy atom. The molecule has 3 aromatic rings. The van der Waals surface area contributed by atoms with Gasteiger partial charge in [0, 0.05) is 6.42 Å². The van der Waals surface area contributed by atoms with Crippen LogP contribution in [0, 0.1) is 0 Å². The second-order valence-corrected chi connectivity index (χ2v) is 9.13. The molecule has 8 heteroatoms. The van der Waals surface area contributed by atoms with Crippen molar-refractivity contribution in [3.8, 4) is 0 Å². The molecular formula is C29H34N4O4. The third-order valence-electron chi connectivity index (χ3n) is 5.70. The van der Waals surface area contributed by atoms with E-state index < -0.39 is 23.9 Å². The van der Waals surface area contributed by atoms with Gasteiger partial charge < -0.3 is 26.0 Å². The molecule has 0 bridgehead atoms. The average Bonchev–Trinajstić information content (AvgIpc) is 2.88. The molecule has 37 heavy (non-hydrogen) atoms. The van der Waals surface area contributed by atoms with E-state index in [2.05, 4.69) is 16.0 Å². The highest BCUT2D eigenvalue weighted by atomic mass is 16.3. The van der Waals surface area contributed by atoms with Crippen molar-refractivity contribution in [3.05, 3.63) is 102 Å². The summed E-state index contributed by atoms with van der Waals surface area (Å²) in [5.74, 6) is -1.14. The summed E-state index contributed by atoms with van der Waals surface area (Å²) in [7, 11) is 3.56. The SMILES string of the molecule is CN(C)CC(=O)Nc1ccccc1C(=O)N[C@@H](Cc1ccccc1)C(=O)N[C@H](CO)Cc1ccccc1. The number of likely N-dealkylation sites (N-methyl/N-ethyl adjacent to an activating group) is 1. The molecule has 0 fully saturated rings. The van der Waals surface area contributed by atoms with Crippen molar-refractivity contribution in [3.63, 3.8) is 0 Å². The molecule has 0 radical (unpaired) electrons. The Labute approximate surface area is 217 Å². The van der Waals surface area contributed by atoms with E-state index in [0.29, 0.717) is 12.1 Å². The van der Waals surface area contributed by atoms with Crippen molar-refractivity contribution in [2.45, 2.75) is 24.9 Å². The van der Waals surface area contributed by atoms with Crippen LogP contribution in [0.1, 0.15) is 21.5 Å². The van der Waals surface area contributed by atoms with Gasteiger partial charge in [0.25, 0.3) is 5.91 Å². The van der Waals surface area contributed by atoms with Crippen LogP contribution in [0.2, 0.25) is 0 Å². The Morgan fingerprint density at radius 2 is 1.35 bits per heavy atom. The van der Waals surface area contributed by atoms with Crippen LogP contribution in [0.25, 0.3) is 0 Å². The van der Waals surface area contributed by atoms with Gasteiger partial charge in [0.05, 0.1) is 30.4 Å². The van der Waals surface area contributed by atoms with Gasteiger partial charge in [0.15, 0.2) is 0 Å². The van der Waals surface area contributed by atoms with Gasteiger partial charge in [-0.15, -0.1) is 0 Å². The summed E-state index contributed by atoms with van der Waals surface area (Å²) in [6.45, 7) is -0.0771. The van der Waals surface area contributed by atoms with E-state index in [1.54, 1.807) is 43.3 Å². The van der Waals surface area contributed by atoms with Crippen LogP contribution in [0.3, 0.4) is 0 Å². The summed E-state index contributed by atoms with van der Waals surface area (Å²) in [6, 6.07) is 24.2. The molecular weight excluding hydrogens is 468 g/mol. The molecule has 0 saturated carbocycles. The lowest BCUT2D eigenvalue weighted by atomic mass is 10.0. The number of aliphatic hydroxyl groups is 1. The fourth-order valence-electron chi connectivity index (χ4n) is 3.92. The third-order valence-corrected chi connectivity index (χ3v) is 5.70. The highest BCUT2D eigenvalue weighted by molar-refractivity contribution is 6.05. The van der Waals surface area contributed by atoms with Gasteiger partial charge >= 0.3 is 0 Å². The molecule has 0 aliphatic carbocycles. The smallest absolute Gasteiger partial charge is 0.254 e. The van der Waals surface area contributed by atoms with E-state index in [9.17, 15) is 19.5 Å². The molecule has 0 unspecified atom stereocenters. The van der Waals surface area contributed by atoms with Gasteiger partial charge in [-0.1, -0.05) is 72.8 Å². The highest BCUT2D eigenvalue weighted by Crippen LogP contribution is 2.16. The lowest BCUT2D eigenvalue weighted by molar-refractivity contribution is -0.124. The molecule has 3 rings (SSSR count). The van der Waals surface area contributed by atoms with Crippen molar-refractivity contribution < 1.29 is 19.5 Å². The lowest BCUT2D eigenvalue weighted by Crippen LogP contribution is -2.52. The number of nitrogens with zero attached hydrogens (tertiary/aromatic N) is 1. The molecule has 2 atom stereocenters. The number of carbonyl (C=O) groups is 3. The first-order chi connectivity index (χ1) is 17.9. The predicted molar refractivity (Wildman–Crippen MR) is 144 cm³/mol. The van der Waals surface area contributed by atoms with Gasteiger partial charge in [0.2, 0.25) is 11.8 Å². The lowest BCUT2D eigenvalue weighted by Gasteiger charge is -2.23. The van der Waals surface area contributed by atoms with E-state index in [-0.39, 0.29) is 31.0 Å². The molecule has 194 valence electrons. The fourth-order valence-corrected chi connectivity index (χ4v) is 3.92. The summed E-state index contributed by atoms with van der Waals surface area (Å²) in [6.07, 6.45) is 0.715. The van der Waals surface area contributed by atoms with Crippen LogP contribution in [0.4, 0.5) is 5.69 Å². The molecule has 0 aromatic heterocycles. The van der Waals surface area contributed by atoms with Crippen molar-refractivity contribution in [1.82, 2.24) is 15.5 Å². The summed E-state index contributed by atoms with van der Waals surface area (Å²) < 4.78 is 0. The summed E-state index contributed by atoms with van der Waals surface area (Å²) in [5, 5.41) is 18.4. The molecule has 4 N–H and O–H groups in total. The number of anilines is 1. The predicted octanol–water partition coefficient (Wildman–Crippen LogP) is 2.25. The number of aliphatic hydroxyl groups excluding tert-OH is 1. The Morgan fingerprint density at radius 3 is 1.95 bits per heavy atom. The minimum atomic E-state index is -0.898. The molecule has 3 amide bonds. The van der Waals surface area contributed by atoms with E-state index in [4.69, 9.17) is 0 Å². The highest BCUT2D eigenvalue weighted by Gasteiger charge is 2.25. The normalized spacial score (nSPS) is 12.4. The van der Waals surface area contributed by atoms with Crippen molar-refractivity contribution in [2.24, 2.45) is 0 Å². The summed E-state index contributed by atoms with van der Waals surface area (Å²) >= 11 is 0. The zero-order valence-electron chi connectivity index (χ0n) is 21.2. The van der Waals surface area contributed by atoms with Crippen LogP contribution >= 0.6 is 0 Å². The maximum Gasteiger partial charge on any atom is 0.254 e. The first-order valence-electron chi connectivity index (χ1n) is 12.2. The number of hydrogen-bond donors (Lipinski definition) is 4. The third kappa shape index (κ3) is 8.86. The zero-order chi connectivity index (χ0) is 26.6. The Bertz CT molecular complexity index is 1170. The van der Waals surface area contributed by atoms with Crippen LogP contribution in [0.15, 0.2) is 84.9 Å². The van der Waals surface area contributed by atoms with Crippen molar-refractivity contribution in [2.75, 3.05) is 32.6 Å². The first-order valence-corrected chi connectivity index (χ1v) is 12.2. The fraction of sp³-hybridized carbons (Fsp3) is 0.276. The van der Waals surface area contributed by atoms with Gasteiger partial charge in [-0.2, -0.15) is 0 Å². The number of carbonyl (C=O) groups excluding carboxylic acids is 3. The van der Waals surface area contributed by atoms with Crippen molar-refractivity contribution >= 4 is 23.4 Å². The van der Waals surface area contributed by atoms with E-state index in [1.165, 1.54) is 0 Å². The van der Waals surface area contributed by atoms with Gasteiger partial charge in [-0.05, 0) is 43.8 Å². The van der Waals surface area contributed by atoms with E-state index in [0.717, 1.165) is 11.1 Å². The molecule has 0 aliphatic rings. The second kappa shape index (κ2) is 13.9. The average molecular weight is 503 g/mol. The molecule has 0 saturated heterocycles. The number of benzene rings is 3. The number of nitrogens with one attached hydrogen (secondary N) is 3. The number of amides is 3. The standard InChI is InChI=1S/C29H34N4O4/c1-33(2)19-27(35)31-25-16-10-9-15-24(25)28(36)32-26(18-22-13-7-4-8-14-22)29(37)30-23(20-34)17-21-11-5-3-6-12-21/h3-16,23,26,34H,17-20H2,1-2H3,(H,30,37)(H,31,35)(H,32,36)/t23-,26-/m0/s1. The minimum absolute atomic E-state index is 0.166. The number of hydrogen-bond acceptors (Lipinski definition) is 5. The van der Waals surface area contributed by atoms with Crippen LogP contribution in [-0.2, 0) is 22.4 Å². The number of rotatable bonds is 12. The molecule has 3 aromatic carbocycles. The Kier molecular flexibility index (Phi) is 10.4. The van der Waals surface area contributed by atoms with Gasteiger partial charge in [-0.25, -0.2) is 0 Å². The monoisotopic (exact) mass is 502 g/mol. The van der Waals surface area contributed by atoms with Gasteiger partial charge in [-0.3, -0.25) is 14.4 Å². The summed E-state index contributed by atoms with van der Waals surface area (Å²) in [4.78, 5) is 40.7. The first kappa shape index (κ1) is 27.6. The molecule has 0 heterocycles. The molecule has 8 nitrogen and oxygen atoms in total. The van der Waals surface area contributed by atoms with Crippen LogP contribution in [-0.4, -0.2) is 67.1 Å². The minimum Gasteiger partial charge on any atom is -0.394 e. The van der Waals surface area contributed by atoms with Crippen LogP contribution in [0.5, 0.6) is 0 Å². The molecule has 0 spiro atoms. The summed E-state index contributed by atoms with van der Waals surface area (Å²) in [5.41, 5.74) is 2.47. The van der Waals surface area contributed by atoms with E-state index in [1.807, 2.05) is 60.7 Å². The quantitative estimate of drug-likeness (QED) is 0.304. The second-order valence-electron chi connectivity index (χ2n) is 9.13. The maximum atomic E-state index is 13.3. The maximum absolute atomic E-state index is 13.3.